The minimum atomic E-state index is -0.338. The molecule has 25 heavy (non-hydrogen) atoms. The minimum Gasteiger partial charge on any atom is -0.494 e. The summed E-state index contributed by atoms with van der Waals surface area (Å²) in [7, 11) is 1.65. The lowest BCUT2D eigenvalue weighted by atomic mass is 10.2. The van der Waals surface area contributed by atoms with Crippen LogP contribution in [0.1, 0.15) is 19.0 Å². The van der Waals surface area contributed by atoms with Gasteiger partial charge in [-0.1, -0.05) is 0 Å². The second-order valence-corrected chi connectivity index (χ2v) is 6.04. The van der Waals surface area contributed by atoms with Crippen LogP contribution in [0.4, 0.5) is 0 Å². The summed E-state index contributed by atoms with van der Waals surface area (Å²) in [4.78, 5) is 18.1. The van der Waals surface area contributed by atoms with Gasteiger partial charge in [0.05, 0.1) is 24.4 Å². The van der Waals surface area contributed by atoms with Crippen LogP contribution in [0.15, 0.2) is 34.9 Å². The number of benzene rings is 1. The summed E-state index contributed by atoms with van der Waals surface area (Å²) in [5.74, 6) is 1.01. The number of likely N-dealkylation sites (tertiary alicyclic amines) is 1. The number of aromatic nitrogens is 1. The van der Waals surface area contributed by atoms with E-state index in [4.69, 9.17) is 19.6 Å². The molecule has 1 saturated heterocycles. The number of carbonyl (C=O) groups is 1. The highest BCUT2D eigenvalue weighted by Crippen LogP contribution is 2.25. The molecule has 134 valence electrons. The van der Waals surface area contributed by atoms with Crippen LogP contribution >= 0.6 is 0 Å². The molecule has 0 spiro atoms. The van der Waals surface area contributed by atoms with Gasteiger partial charge in [-0.25, -0.2) is 4.98 Å². The zero-order valence-corrected chi connectivity index (χ0v) is 14.5. The highest BCUT2D eigenvalue weighted by atomic mass is 16.5. The maximum atomic E-state index is 11.6. The Kier molecular flexibility index (Phi) is 5.35. The van der Waals surface area contributed by atoms with Crippen LogP contribution in [0.3, 0.4) is 0 Å². The molecule has 3 rings (SSSR count). The third kappa shape index (κ3) is 4.00. The Morgan fingerprint density at radius 2 is 2.16 bits per heavy atom. The van der Waals surface area contributed by atoms with Gasteiger partial charge in [-0.05, 0) is 37.6 Å². The van der Waals surface area contributed by atoms with E-state index in [-0.39, 0.29) is 18.1 Å². The van der Waals surface area contributed by atoms with Crippen molar-refractivity contribution >= 4 is 5.91 Å². The lowest BCUT2D eigenvalue weighted by molar-refractivity contribution is -0.122. The number of carbonyl (C=O) groups excluding carboxylic acids is 1. The van der Waals surface area contributed by atoms with E-state index >= 15 is 0 Å². The molecule has 0 unspecified atom stereocenters. The third-order valence-corrected chi connectivity index (χ3v) is 4.36. The van der Waals surface area contributed by atoms with Gasteiger partial charge in [-0.2, -0.15) is 0 Å². The minimum absolute atomic E-state index is 0.00924. The quantitative estimate of drug-likeness (QED) is 0.823. The molecular weight excluding hydrogens is 322 g/mol. The molecule has 1 aromatic heterocycles. The number of amides is 1. The molecule has 1 amide bonds. The Bertz CT molecular complexity index is 713. The summed E-state index contributed by atoms with van der Waals surface area (Å²) >= 11 is 0. The topological polar surface area (TPSA) is 90.8 Å². The van der Waals surface area contributed by atoms with Crippen LogP contribution in [-0.4, -0.2) is 48.2 Å². The Balaban J connectivity index is 1.69. The standard InChI is InChI=1S/C18H23N3O4/c1-3-24-14-6-4-12(5-7-14)18-20-13(11-25-18)9-21-10-15(23-2)8-16(21)17(19)22/h4-7,11,15-16H,3,8-10H2,1-2H3,(H2,19,22)/t15-,16-/m0/s1. The summed E-state index contributed by atoms with van der Waals surface area (Å²) in [6.07, 6.45) is 2.23. The van der Waals surface area contributed by atoms with Crippen LogP contribution in [0.5, 0.6) is 5.75 Å². The van der Waals surface area contributed by atoms with E-state index in [1.54, 1.807) is 13.4 Å². The monoisotopic (exact) mass is 345 g/mol. The lowest BCUT2D eigenvalue weighted by Crippen LogP contribution is -2.39. The molecule has 1 aliphatic rings. The van der Waals surface area contributed by atoms with Crippen molar-refractivity contribution in [1.82, 2.24) is 9.88 Å². The van der Waals surface area contributed by atoms with E-state index in [1.807, 2.05) is 36.1 Å². The van der Waals surface area contributed by atoms with Gasteiger partial charge >= 0.3 is 0 Å². The summed E-state index contributed by atoms with van der Waals surface area (Å²) in [5.41, 5.74) is 7.13. The fourth-order valence-electron chi connectivity index (χ4n) is 3.08. The first-order valence-corrected chi connectivity index (χ1v) is 8.34. The first kappa shape index (κ1) is 17.4. The van der Waals surface area contributed by atoms with Gasteiger partial charge in [0.1, 0.15) is 12.0 Å². The zero-order chi connectivity index (χ0) is 17.8. The van der Waals surface area contributed by atoms with Crippen molar-refractivity contribution < 1.29 is 18.7 Å². The summed E-state index contributed by atoms with van der Waals surface area (Å²) < 4.78 is 16.4. The van der Waals surface area contributed by atoms with Gasteiger partial charge in [-0.15, -0.1) is 0 Å². The van der Waals surface area contributed by atoms with Crippen molar-refractivity contribution in [2.75, 3.05) is 20.3 Å². The smallest absolute Gasteiger partial charge is 0.234 e. The fourth-order valence-corrected chi connectivity index (χ4v) is 3.08. The van der Waals surface area contributed by atoms with E-state index in [0.717, 1.165) is 17.0 Å². The Morgan fingerprint density at radius 1 is 1.40 bits per heavy atom. The van der Waals surface area contributed by atoms with Crippen LogP contribution in [0, 0.1) is 0 Å². The van der Waals surface area contributed by atoms with Crippen molar-refractivity contribution in [2.45, 2.75) is 32.0 Å². The number of hydrogen-bond donors (Lipinski definition) is 1. The summed E-state index contributed by atoms with van der Waals surface area (Å²) in [6, 6.07) is 7.24. The Morgan fingerprint density at radius 3 is 2.80 bits per heavy atom. The maximum absolute atomic E-state index is 11.6. The van der Waals surface area contributed by atoms with Gasteiger partial charge in [0, 0.05) is 25.8 Å². The maximum Gasteiger partial charge on any atom is 0.234 e. The van der Waals surface area contributed by atoms with Crippen LogP contribution in [0.25, 0.3) is 11.5 Å². The van der Waals surface area contributed by atoms with Crippen LogP contribution in [-0.2, 0) is 16.1 Å². The van der Waals surface area contributed by atoms with Gasteiger partial charge in [0.2, 0.25) is 11.8 Å². The molecule has 1 aliphatic heterocycles. The van der Waals surface area contributed by atoms with Crippen molar-refractivity contribution in [3.8, 4) is 17.2 Å². The molecule has 0 saturated carbocycles. The molecule has 1 fully saturated rings. The van der Waals surface area contributed by atoms with Crippen LogP contribution < -0.4 is 10.5 Å². The van der Waals surface area contributed by atoms with Gasteiger partial charge in [-0.3, -0.25) is 9.69 Å². The SMILES string of the molecule is CCOc1ccc(-c2nc(CN3C[C@@H](OC)C[C@H]3C(N)=O)co2)cc1. The molecule has 2 aromatic rings. The number of rotatable bonds is 7. The average Bonchev–Trinajstić information content (AvgIpc) is 3.23. The number of primary amides is 1. The van der Waals surface area contributed by atoms with Gasteiger partial charge in [0.25, 0.3) is 0 Å². The highest BCUT2D eigenvalue weighted by Gasteiger charge is 2.36. The largest absolute Gasteiger partial charge is 0.494 e. The van der Waals surface area contributed by atoms with E-state index in [9.17, 15) is 4.79 Å². The van der Waals surface area contributed by atoms with E-state index in [0.29, 0.717) is 32.0 Å². The van der Waals surface area contributed by atoms with E-state index in [2.05, 4.69) is 4.98 Å². The van der Waals surface area contributed by atoms with Crippen LogP contribution in [0.2, 0.25) is 0 Å². The number of nitrogens with two attached hydrogens (primary N) is 1. The molecule has 2 atom stereocenters. The molecule has 2 heterocycles. The second kappa shape index (κ2) is 7.67. The Hall–Kier alpha value is -2.38. The number of methoxy groups -OCH3 is 1. The summed E-state index contributed by atoms with van der Waals surface area (Å²) in [5, 5.41) is 0. The molecule has 1 aromatic carbocycles. The van der Waals surface area contributed by atoms with Gasteiger partial charge < -0.3 is 19.6 Å². The Labute approximate surface area is 146 Å². The fraction of sp³-hybridized carbons (Fsp3) is 0.444. The predicted molar refractivity (Wildman–Crippen MR) is 91.9 cm³/mol. The molecule has 0 radical (unpaired) electrons. The molecule has 0 bridgehead atoms. The third-order valence-electron chi connectivity index (χ3n) is 4.36. The molecule has 7 heteroatoms. The zero-order valence-electron chi connectivity index (χ0n) is 14.5. The number of ether oxygens (including phenoxy) is 2. The highest BCUT2D eigenvalue weighted by molar-refractivity contribution is 5.80. The number of hydrogen-bond acceptors (Lipinski definition) is 6. The average molecular weight is 345 g/mol. The first-order chi connectivity index (χ1) is 12.1. The second-order valence-electron chi connectivity index (χ2n) is 6.04. The molecule has 2 N–H and O–H groups in total. The number of oxazole rings is 1. The van der Waals surface area contributed by atoms with Crippen molar-refractivity contribution in [3.05, 3.63) is 36.2 Å². The normalized spacial score (nSPS) is 20.7. The predicted octanol–water partition coefficient (Wildman–Crippen LogP) is 1.81. The summed E-state index contributed by atoms with van der Waals surface area (Å²) in [6.45, 7) is 3.71. The molecule has 0 aliphatic carbocycles. The van der Waals surface area contributed by atoms with E-state index < -0.39 is 0 Å². The molecular formula is C18H23N3O4. The first-order valence-electron chi connectivity index (χ1n) is 8.34. The van der Waals surface area contributed by atoms with Gasteiger partial charge in [0.15, 0.2) is 0 Å². The lowest BCUT2D eigenvalue weighted by Gasteiger charge is -2.19. The van der Waals surface area contributed by atoms with Crippen molar-refractivity contribution in [1.29, 1.82) is 0 Å². The number of nitrogens with zero attached hydrogens (tertiary/aromatic N) is 2. The molecule has 7 nitrogen and oxygen atoms in total. The van der Waals surface area contributed by atoms with Crippen molar-refractivity contribution in [2.24, 2.45) is 5.73 Å². The van der Waals surface area contributed by atoms with Crippen molar-refractivity contribution in [3.63, 3.8) is 0 Å². The van der Waals surface area contributed by atoms with E-state index in [1.165, 1.54) is 0 Å².